The predicted octanol–water partition coefficient (Wildman–Crippen LogP) is 7.36. The normalized spacial score (nSPS) is 16.5. The topological polar surface area (TPSA) is 290 Å². The van der Waals surface area contributed by atoms with Crippen LogP contribution in [0, 0.1) is 11.8 Å². The minimum absolute atomic E-state index is 0.00502. The molecule has 4 aliphatic heterocycles. The lowest BCUT2D eigenvalue weighted by molar-refractivity contribution is -0.132. The molecule has 0 saturated carbocycles. The Hall–Kier alpha value is -7.92. The predicted molar refractivity (Wildman–Crippen MR) is 346 cm³/mol. The number of allylic oxidation sites excluding steroid dienone is 2. The number of amides is 8. The van der Waals surface area contributed by atoms with Crippen molar-refractivity contribution in [3.63, 3.8) is 0 Å². The number of carbonyl (C=O) groups excluding carboxylic acids is 8. The maximum absolute atomic E-state index is 14.7. The van der Waals surface area contributed by atoms with Crippen molar-refractivity contribution in [3.8, 4) is 23.0 Å². The fraction of sp³-hybridized carbons (Fsp3) is 0.492. The average molecular weight is 1380 g/mol. The van der Waals surface area contributed by atoms with Gasteiger partial charge < -0.3 is 73.7 Å². The molecule has 4 heterocycles. The molecule has 7 rings (SSSR count). The number of imide groups is 1. The van der Waals surface area contributed by atoms with Crippen LogP contribution in [0.5, 0.6) is 23.0 Å². The zero-order valence-electron chi connectivity index (χ0n) is 52.8. The van der Waals surface area contributed by atoms with Crippen LogP contribution in [0.2, 0.25) is 0 Å². The smallest absolute Gasteiger partial charge is 0.421 e. The first-order chi connectivity index (χ1) is 43.8. The zero-order valence-corrected chi connectivity index (χ0v) is 55.0. The quantitative estimate of drug-likeness (QED) is 0.0254. The highest BCUT2D eigenvalue weighted by Gasteiger charge is 2.46. The molecule has 0 bridgehead atoms. The molecule has 0 spiro atoms. The Kier molecular flexibility index (Phi) is 27.2. The van der Waals surface area contributed by atoms with Crippen LogP contribution in [0.1, 0.15) is 99.9 Å². The largest absolute Gasteiger partial charge is 0.493 e. The van der Waals surface area contributed by atoms with Crippen LogP contribution in [-0.2, 0) is 54.3 Å². The minimum Gasteiger partial charge on any atom is -0.493 e. The summed E-state index contributed by atoms with van der Waals surface area (Å²) in [6.45, 7) is 14.0. The van der Waals surface area contributed by atoms with Gasteiger partial charge in [-0.25, -0.2) is 9.69 Å². The summed E-state index contributed by atoms with van der Waals surface area (Å²) in [7, 11) is 2.90. The van der Waals surface area contributed by atoms with Gasteiger partial charge in [0.1, 0.15) is 24.7 Å². The fourth-order valence-electron chi connectivity index (χ4n) is 10.2. The van der Waals surface area contributed by atoms with Crippen LogP contribution in [0.3, 0.4) is 0 Å². The molecule has 4 N–H and O–H groups in total. The lowest BCUT2D eigenvalue weighted by atomic mass is 10.00. The Labute approximate surface area is 544 Å². The molecule has 0 saturated heterocycles. The molecule has 492 valence electrons. The molecule has 0 fully saturated rings. The first kappa shape index (κ1) is 70.5. The maximum atomic E-state index is 14.7. The Morgan fingerprint density at radius 3 is 1.96 bits per heavy atom. The number of rotatable bonds is 35. The summed E-state index contributed by atoms with van der Waals surface area (Å²) in [4.78, 5) is 116. The van der Waals surface area contributed by atoms with Gasteiger partial charge in [-0.15, -0.1) is 0 Å². The van der Waals surface area contributed by atoms with Crippen LogP contribution >= 0.6 is 22.6 Å². The second-order valence-electron chi connectivity index (χ2n) is 22.5. The van der Waals surface area contributed by atoms with Crippen molar-refractivity contribution < 1.29 is 81.0 Å². The molecular formula is C65H83IN8O17. The Balaban J connectivity index is 0.896. The van der Waals surface area contributed by atoms with Gasteiger partial charge in [0.05, 0.1) is 113 Å². The van der Waals surface area contributed by atoms with Crippen molar-refractivity contribution >= 4 is 93.3 Å². The molecule has 3 aromatic rings. The van der Waals surface area contributed by atoms with Gasteiger partial charge in [-0.2, -0.15) is 0 Å². The maximum Gasteiger partial charge on any atom is 0.421 e. The van der Waals surface area contributed by atoms with E-state index in [1.54, 1.807) is 67.6 Å². The second kappa shape index (κ2) is 35.0. The van der Waals surface area contributed by atoms with Crippen molar-refractivity contribution in [2.45, 2.75) is 104 Å². The Morgan fingerprint density at radius 2 is 1.33 bits per heavy atom. The molecule has 91 heavy (non-hydrogen) atoms. The highest BCUT2D eigenvalue weighted by atomic mass is 127. The molecule has 0 radical (unpaired) electrons. The molecule has 0 aromatic heterocycles. The summed E-state index contributed by atoms with van der Waals surface area (Å²) in [5.41, 5.74) is 3.55. The molecule has 0 aliphatic carbocycles. The number of carbonyl (C=O) groups is 8. The SMILES string of the molecule is C/C=C/C1=CN2C(=O)c3cc(OC)c(OCCCOc4cc5c(cc4OC)C(=O)N4C=C(CC(C)C)C[C@H]4C(=O)N5C(=O)OCc4ccc(NC(=O)[C@H](C)NC(=O)[C@@H](NC(=O)CCOCCOCCOCCOCCNC(=O)CI)C(C)C)cc4)cc3N=C[C@@H]2C1. The summed E-state index contributed by atoms with van der Waals surface area (Å²) < 4.78 is 51.8. The summed E-state index contributed by atoms with van der Waals surface area (Å²) in [6.07, 6.45) is 9.97. The van der Waals surface area contributed by atoms with E-state index in [0.29, 0.717) is 104 Å². The van der Waals surface area contributed by atoms with Crippen molar-refractivity contribution in [3.05, 3.63) is 101 Å². The minimum atomic E-state index is -1.05. The first-order valence-corrected chi connectivity index (χ1v) is 31.9. The highest BCUT2D eigenvalue weighted by Crippen LogP contribution is 2.43. The summed E-state index contributed by atoms with van der Waals surface area (Å²) >= 11 is 1.99. The molecule has 0 unspecified atom stereocenters. The number of nitrogens with one attached hydrogen (secondary N) is 4. The van der Waals surface area contributed by atoms with E-state index in [9.17, 15) is 38.4 Å². The van der Waals surface area contributed by atoms with E-state index in [-0.39, 0.29) is 98.3 Å². The summed E-state index contributed by atoms with van der Waals surface area (Å²) in [5, 5.41) is 10.9. The van der Waals surface area contributed by atoms with E-state index >= 15 is 0 Å². The van der Waals surface area contributed by atoms with Crippen LogP contribution in [0.25, 0.3) is 0 Å². The number of fused-ring (bicyclic) bond motifs is 4. The van der Waals surface area contributed by atoms with Crippen LogP contribution in [0.4, 0.5) is 21.9 Å². The molecule has 3 aromatic carbocycles. The standard InChI is InChI=1S/C65H83IN8O17/c1-9-11-44-29-47-36-68-50-33-55(53(83-7)31-48(50)62(79)72(47)37-44)89-18-10-19-90-56-34-51-49(32-54(56)84-8)63(80)73-38-45(28-40(2)3)30-52(73)64(81)74(51)65(82)91-39-43-12-14-46(15-13-43)70-60(77)42(6)69-61(78)59(41(4)5)71-57(75)16-20-85-22-24-87-26-27-88-25-23-86-21-17-67-58(76)35-66/h9,11-15,31-34,36-38,40-42,47,52,59H,10,16-30,35,39H2,1-8H3,(H,67,76)(H,69,78)(H,70,77)(H,71,75)/b11-9+/t42-,47-,52-,59-/m0/s1. The van der Waals surface area contributed by atoms with E-state index in [2.05, 4.69) is 26.3 Å². The van der Waals surface area contributed by atoms with E-state index in [1.807, 2.05) is 61.7 Å². The molecule has 25 nitrogen and oxygen atoms in total. The number of nitrogens with zero attached hydrogens (tertiary/aromatic N) is 4. The molecule has 8 amide bonds. The fourth-order valence-corrected chi connectivity index (χ4v) is 10.5. The summed E-state index contributed by atoms with van der Waals surface area (Å²) in [5.74, 6) is -1.96. The summed E-state index contributed by atoms with van der Waals surface area (Å²) in [6, 6.07) is 9.37. The number of benzene rings is 3. The van der Waals surface area contributed by atoms with E-state index < -0.39 is 53.8 Å². The van der Waals surface area contributed by atoms with Crippen LogP contribution in [-0.4, -0.2) is 179 Å². The van der Waals surface area contributed by atoms with Crippen molar-refractivity contribution in [2.75, 3.05) is 101 Å². The van der Waals surface area contributed by atoms with E-state index in [1.165, 1.54) is 38.2 Å². The van der Waals surface area contributed by atoms with Crippen molar-refractivity contribution in [1.29, 1.82) is 0 Å². The third-order valence-corrected chi connectivity index (χ3v) is 15.5. The van der Waals surface area contributed by atoms with Crippen molar-refractivity contribution in [1.82, 2.24) is 25.8 Å². The monoisotopic (exact) mass is 1370 g/mol. The average Bonchev–Trinajstić information content (AvgIpc) is 1.73. The number of aliphatic imine (C=N–C) groups is 1. The van der Waals surface area contributed by atoms with Crippen LogP contribution < -0.4 is 45.1 Å². The third-order valence-electron chi connectivity index (χ3n) is 14.8. The van der Waals surface area contributed by atoms with Crippen molar-refractivity contribution in [2.24, 2.45) is 16.8 Å². The lowest BCUT2D eigenvalue weighted by Crippen LogP contribution is -2.53. The number of ether oxygens (including phenoxy) is 9. The van der Waals surface area contributed by atoms with Gasteiger partial charge in [-0.05, 0) is 80.3 Å². The molecular weight excluding hydrogens is 1290 g/mol. The number of halogens is 1. The third kappa shape index (κ3) is 19.8. The molecule has 26 heteroatoms. The molecule has 4 atom stereocenters. The van der Waals surface area contributed by atoms with Gasteiger partial charge in [-0.1, -0.05) is 80.1 Å². The highest BCUT2D eigenvalue weighted by molar-refractivity contribution is 14.1. The number of alkyl halides is 1. The van der Waals surface area contributed by atoms with Gasteiger partial charge >= 0.3 is 6.09 Å². The number of hydrogen-bond donors (Lipinski definition) is 4. The van der Waals surface area contributed by atoms with Gasteiger partial charge in [0.15, 0.2) is 23.0 Å². The number of anilines is 2. The van der Waals surface area contributed by atoms with Crippen LogP contribution in [0.15, 0.2) is 89.2 Å². The van der Waals surface area contributed by atoms with E-state index in [4.69, 9.17) is 42.6 Å². The van der Waals surface area contributed by atoms with Gasteiger partial charge in [0.25, 0.3) is 17.7 Å². The second-order valence-corrected chi connectivity index (χ2v) is 23.3. The number of methoxy groups -OCH3 is 2. The first-order valence-electron chi connectivity index (χ1n) is 30.4. The van der Waals surface area contributed by atoms with Gasteiger partial charge in [0, 0.05) is 55.8 Å². The lowest BCUT2D eigenvalue weighted by Gasteiger charge is -2.24. The Morgan fingerprint density at radius 1 is 0.703 bits per heavy atom. The molecule has 4 aliphatic rings. The van der Waals surface area contributed by atoms with Gasteiger partial charge in [-0.3, -0.25) is 38.6 Å². The zero-order chi connectivity index (χ0) is 65.6. The number of hydrogen-bond acceptors (Lipinski definition) is 18. The Bertz CT molecular complexity index is 3200. The van der Waals surface area contributed by atoms with Gasteiger partial charge in [0.2, 0.25) is 23.6 Å². The van der Waals surface area contributed by atoms with E-state index in [0.717, 1.165) is 16.0 Å².